The number of nitrogens with zero attached hydrogens (tertiary/aromatic N) is 1. The van der Waals surface area contributed by atoms with Crippen molar-refractivity contribution in [1.82, 2.24) is 5.32 Å². The first-order valence-electron chi connectivity index (χ1n) is 20.0. The average Bonchev–Trinajstić information content (AvgIpc) is 3.21. The Labute approximate surface area is 339 Å². The summed E-state index contributed by atoms with van der Waals surface area (Å²) in [5, 5.41) is 29.8. The highest BCUT2D eigenvalue weighted by molar-refractivity contribution is 8.00. The van der Waals surface area contributed by atoms with Crippen molar-refractivity contribution < 1.29 is 38.9 Å². The van der Waals surface area contributed by atoms with E-state index in [-0.39, 0.29) is 54.6 Å². The molecule has 1 fully saturated rings. The van der Waals surface area contributed by atoms with Gasteiger partial charge in [0.2, 0.25) is 11.7 Å². The third kappa shape index (κ3) is 10.1. The van der Waals surface area contributed by atoms with E-state index in [1.54, 1.807) is 23.9 Å². The molecule has 0 aromatic heterocycles. The molecule has 2 amide bonds. The predicted molar refractivity (Wildman–Crippen MR) is 222 cm³/mol. The zero-order chi connectivity index (χ0) is 40.2. The van der Waals surface area contributed by atoms with Gasteiger partial charge in [0.05, 0.1) is 23.5 Å². The van der Waals surface area contributed by atoms with Crippen molar-refractivity contribution in [2.24, 2.45) is 22.9 Å². The highest BCUT2D eigenvalue weighted by Gasteiger charge is 2.64. The van der Waals surface area contributed by atoms with Gasteiger partial charge in [0.25, 0.3) is 0 Å². The molecule has 11 nitrogen and oxygen atoms in total. The number of thioether (sulfide) groups is 1. The number of hydrogen-bond acceptors (Lipinski definition) is 10. The maximum absolute atomic E-state index is 13.1. The lowest BCUT2D eigenvalue weighted by Crippen LogP contribution is -2.64. The van der Waals surface area contributed by atoms with E-state index in [4.69, 9.17) is 24.2 Å². The molecule has 2 aliphatic carbocycles. The molecule has 12 heteroatoms. The zero-order valence-electron chi connectivity index (χ0n) is 32.9. The number of ether oxygens (including phenoxy) is 3. The van der Waals surface area contributed by atoms with Crippen LogP contribution in [0, 0.1) is 17.8 Å². The van der Waals surface area contributed by atoms with E-state index in [2.05, 4.69) is 23.3 Å². The number of aliphatic hydroxyl groups is 2. The van der Waals surface area contributed by atoms with Crippen molar-refractivity contribution >= 4 is 35.2 Å². The third-order valence-electron chi connectivity index (χ3n) is 10.9. The molecule has 1 heterocycles. The van der Waals surface area contributed by atoms with Crippen LogP contribution in [0.4, 0.5) is 10.5 Å². The Balaban J connectivity index is 1.47. The van der Waals surface area contributed by atoms with Crippen LogP contribution in [0.3, 0.4) is 0 Å². The van der Waals surface area contributed by atoms with Gasteiger partial charge in [-0.1, -0.05) is 60.5 Å². The fourth-order valence-electron chi connectivity index (χ4n) is 8.53. The number of unbranched alkanes of at least 4 members (excludes halogenated alkanes) is 2. The molecule has 4 N–H and O–H groups in total. The van der Waals surface area contributed by atoms with E-state index < -0.39 is 11.9 Å². The molecule has 0 radical (unpaired) electrons. The molecule has 6 atom stereocenters. The molecule has 1 saturated carbocycles. The van der Waals surface area contributed by atoms with Gasteiger partial charge in [-0.15, -0.1) is 18.3 Å². The van der Waals surface area contributed by atoms with Gasteiger partial charge in [0, 0.05) is 55.2 Å². The van der Waals surface area contributed by atoms with E-state index in [0.29, 0.717) is 49.6 Å². The Morgan fingerprint density at radius 3 is 2.47 bits per heavy atom. The topological polar surface area (TPSA) is 148 Å². The van der Waals surface area contributed by atoms with Gasteiger partial charge >= 0.3 is 6.09 Å². The molecule has 0 saturated heterocycles. The van der Waals surface area contributed by atoms with Crippen LogP contribution in [0.2, 0.25) is 0 Å². The van der Waals surface area contributed by atoms with Crippen LogP contribution in [0.25, 0.3) is 0 Å². The number of amides is 2. The number of nitrogens with one attached hydrogen (secondary N) is 2. The first kappa shape index (κ1) is 42.0. The molecule has 1 aliphatic heterocycles. The number of anilines is 1. The second kappa shape index (κ2) is 20.2. The summed E-state index contributed by atoms with van der Waals surface area (Å²) in [6.07, 6.45) is 8.72. The smallest absolute Gasteiger partial charge is 0.412 e. The maximum Gasteiger partial charge on any atom is 0.412 e. The number of allylic oxidation sites excluding steroid dienone is 1. The summed E-state index contributed by atoms with van der Waals surface area (Å²) in [5.41, 5.74) is 4.43. The zero-order valence-corrected chi connectivity index (χ0v) is 33.7. The molecule has 57 heavy (non-hydrogen) atoms. The number of aliphatic hydroxyl groups excluding tert-OH is 2. The normalized spacial score (nSPS) is 24.0. The summed E-state index contributed by atoms with van der Waals surface area (Å²) < 4.78 is 20.1. The lowest BCUT2D eigenvalue weighted by molar-refractivity contribution is -0.223. The number of rotatable bonds is 19. The highest BCUT2D eigenvalue weighted by atomic mass is 32.2. The second-order valence-electron chi connectivity index (χ2n) is 14.7. The van der Waals surface area contributed by atoms with Crippen LogP contribution in [-0.4, -0.2) is 65.4 Å². The minimum absolute atomic E-state index is 0.0922. The van der Waals surface area contributed by atoms with E-state index in [1.807, 2.05) is 73.7 Å². The van der Waals surface area contributed by atoms with Crippen LogP contribution >= 0.6 is 11.8 Å². The van der Waals surface area contributed by atoms with Gasteiger partial charge in [-0.05, 0) is 98.0 Å². The number of fused-ring (bicyclic) bond motifs is 2. The largest absolute Gasteiger partial charge is 0.460 e. The number of carbonyl (C=O) groups is 2. The Morgan fingerprint density at radius 1 is 1.02 bits per heavy atom. The molecule has 304 valence electrons. The molecule has 3 aliphatic rings. The van der Waals surface area contributed by atoms with Gasteiger partial charge < -0.3 is 39.9 Å². The first-order valence-corrected chi connectivity index (χ1v) is 20.9. The van der Waals surface area contributed by atoms with Crippen molar-refractivity contribution in [1.29, 1.82) is 0 Å². The standard InChI is InChI=1S/C45H55N3O8S/c1-4-25-53-45-41(57-35-20-17-33(18-21-35)47-30(3)51)28-39(48-54-5-2)37-26-32(15-9-11-23-49)36(16-10-12-24-50)42(43(37)45)38-27-34(19-22-40(38)56-45)55-44(52)46-29-31-13-7-6-8-14-31/h4,6-8,13-14,17-22,26-27,32,36,41-43,49-50H,1,5,9-12,15-16,23-25,28-29H2,2-3H3,(H,46,52)(H,47,51). The quantitative estimate of drug-likeness (QED) is 0.0534. The number of oxime groups is 1. The fourth-order valence-corrected chi connectivity index (χ4v) is 9.82. The van der Waals surface area contributed by atoms with Gasteiger partial charge in [-0.2, -0.15) is 0 Å². The van der Waals surface area contributed by atoms with Gasteiger partial charge in [0.1, 0.15) is 18.1 Å². The second-order valence-corrected chi connectivity index (χ2v) is 16.0. The van der Waals surface area contributed by atoms with Gasteiger partial charge in [-0.25, -0.2) is 4.79 Å². The van der Waals surface area contributed by atoms with Crippen LogP contribution < -0.4 is 20.1 Å². The van der Waals surface area contributed by atoms with E-state index in [9.17, 15) is 19.8 Å². The van der Waals surface area contributed by atoms with Crippen molar-refractivity contribution in [2.75, 3.05) is 31.7 Å². The Morgan fingerprint density at radius 2 is 1.77 bits per heavy atom. The molecular weight excluding hydrogens is 743 g/mol. The van der Waals surface area contributed by atoms with Crippen LogP contribution in [0.15, 0.2) is 107 Å². The van der Waals surface area contributed by atoms with Crippen LogP contribution in [-0.2, 0) is 20.9 Å². The summed E-state index contributed by atoms with van der Waals surface area (Å²) >= 11 is 1.63. The molecule has 6 unspecified atom stereocenters. The van der Waals surface area contributed by atoms with Gasteiger partial charge in [-0.3, -0.25) is 4.79 Å². The molecule has 3 aromatic carbocycles. The fraction of sp³-hybridized carbons (Fsp3) is 0.444. The molecule has 0 spiro atoms. The van der Waals surface area contributed by atoms with Crippen molar-refractivity contribution in [2.45, 2.75) is 87.2 Å². The predicted octanol–water partition coefficient (Wildman–Crippen LogP) is 8.38. The van der Waals surface area contributed by atoms with Gasteiger partial charge in [0.15, 0.2) is 0 Å². The molecular formula is C45H55N3O8S. The third-order valence-corrected chi connectivity index (χ3v) is 12.2. The summed E-state index contributed by atoms with van der Waals surface area (Å²) in [4.78, 5) is 31.7. The summed E-state index contributed by atoms with van der Waals surface area (Å²) in [5.74, 6) is -0.567. The highest BCUT2D eigenvalue weighted by Crippen LogP contribution is 2.63. The van der Waals surface area contributed by atoms with Crippen molar-refractivity contribution in [3.8, 4) is 11.5 Å². The van der Waals surface area contributed by atoms with Crippen LogP contribution in [0.5, 0.6) is 11.5 Å². The summed E-state index contributed by atoms with van der Waals surface area (Å²) in [6, 6.07) is 23.0. The van der Waals surface area contributed by atoms with Crippen molar-refractivity contribution in [3.05, 3.63) is 108 Å². The maximum atomic E-state index is 13.1. The monoisotopic (exact) mass is 797 g/mol. The van der Waals surface area contributed by atoms with Crippen LogP contribution in [0.1, 0.15) is 75.8 Å². The minimum atomic E-state index is -1.18. The van der Waals surface area contributed by atoms with E-state index in [0.717, 1.165) is 53.0 Å². The van der Waals surface area contributed by atoms with Crippen molar-refractivity contribution in [3.63, 3.8) is 0 Å². The lowest BCUT2D eigenvalue weighted by atomic mass is 9.56. The molecule has 3 aromatic rings. The summed E-state index contributed by atoms with van der Waals surface area (Å²) in [6.45, 7) is 8.60. The minimum Gasteiger partial charge on any atom is -0.460 e. The first-order chi connectivity index (χ1) is 27.8. The lowest BCUT2D eigenvalue weighted by Gasteiger charge is -2.58. The average molecular weight is 798 g/mol. The molecule has 6 rings (SSSR count). The SMILES string of the molecule is C=CCOC12Oc3ccc(OC(=O)NCc4ccccc4)cc3C3C(CCCCO)C(CCCCO)C=C(C(=NOCC)CC1Sc1ccc(NC(C)=O)cc1)C32. The number of carbonyl (C=O) groups excluding carboxylic acids is 2. The Hall–Kier alpha value is -4.62. The summed E-state index contributed by atoms with van der Waals surface area (Å²) in [7, 11) is 0. The molecule has 0 bridgehead atoms. The van der Waals surface area contributed by atoms with E-state index >= 15 is 0 Å². The Bertz CT molecular complexity index is 1890. The number of hydrogen-bond donors (Lipinski definition) is 4. The van der Waals surface area contributed by atoms with E-state index in [1.165, 1.54) is 6.92 Å². The number of benzene rings is 3. The Kier molecular flexibility index (Phi) is 14.9.